The van der Waals surface area contributed by atoms with Crippen LogP contribution in [0.3, 0.4) is 0 Å². The van der Waals surface area contributed by atoms with Crippen molar-refractivity contribution in [2.24, 2.45) is 0 Å². The molecule has 2 nitrogen and oxygen atoms in total. The van der Waals surface area contributed by atoms with Gasteiger partial charge in [0, 0.05) is 11.6 Å². The van der Waals surface area contributed by atoms with Crippen molar-refractivity contribution >= 4 is 11.3 Å². The molecule has 0 bridgehead atoms. The van der Waals surface area contributed by atoms with Crippen LogP contribution in [0.5, 0.6) is 10.9 Å². The van der Waals surface area contributed by atoms with Crippen LogP contribution in [-0.2, 0) is 0 Å². The van der Waals surface area contributed by atoms with Gasteiger partial charge in [-0.25, -0.2) is 4.98 Å². The summed E-state index contributed by atoms with van der Waals surface area (Å²) in [6, 6.07) is 6.04. The van der Waals surface area contributed by atoms with Gasteiger partial charge in [0.2, 0.25) is 0 Å². The van der Waals surface area contributed by atoms with E-state index in [9.17, 15) is 0 Å². The highest BCUT2D eigenvalue weighted by molar-refractivity contribution is 7.11. The van der Waals surface area contributed by atoms with Crippen molar-refractivity contribution in [3.05, 3.63) is 40.9 Å². The SMILES string of the molecule is Cc1ccc(Oc2nccs2)cc1C. The van der Waals surface area contributed by atoms with Gasteiger partial charge in [-0.15, -0.1) is 0 Å². The van der Waals surface area contributed by atoms with Crippen molar-refractivity contribution in [3.8, 4) is 10.9 Å². The molecule has 0 aliphatic carbocycles. The Hall–Kier alpha value is -1.35. The standard InChI is InChI=1S/C11H11NOS/c1-8-3-4-10(7-9(8)2)13-11-12-5-6-14-11/h3-7H,1-2H3. The molecule has 0 unspecified atom stereocenters. The number of hydrogen-bond donors (Lipinski definition) is 0. The van der Waals surface area contributed by atoms with Gasteiger partial charge >= 0.3 is 0 Å². The van der Waals surface area contributed by atoms with E-state index < -0.39 is 0 Å². The molecule has 0 spiro atoms. The summed E-state index contributed by atoms with van der Waals surface area (Å²) in [6.07, 6.45) is 1.74. The van der Waals surface area contributed by atoms with Crippen LogP contribution in [0.1, 0.15) is 11.1 Å². The molecule has 0 N–H and O–H groups in total. The van der Waals surface area contributed by atoms with Crippen molar-refractivity contribution in [1.82, 2.24) is 4.98 Å². The van der Waals surface area contributed by atoms with Gasteiger partial charge in [0.15, 0.2) is 0 Å². The molecule has 0 atom stereocenters. The Morgan fingerprint density at radius 3 is 2.71 bits per heavy atom. The quantitative estimate of drug-likeness (QED) is 0.748. The second-order valence-electron chi connectivity index (χ2n) is 3.15. The molecule has 0 saturated carbocycles. The van der Waals surface area contributed by atoms with E-state index in [4.69, 9.17) is 4.74 Å². The van der Waals surface area contributed by atoms with E-state index in [1.54, 1.807) is 6.20 Å². The Morgan fingerprint density at radius 2 is 2.07 bits per heavy atom. The minimum Gasteiger partial charge on any atom is -0.431 e. The highest BCUT2D eigenvalue weighted by Crippen LogP contribution is 2.24. The number of hydrogen-bond acceptors (Lipinski definition) is 3. The number of rotatable bonds is 2. The van der Waals surface area contributed by atoms with E-state index >= 15 is 0 Å². The Labute approximate surface area is 87.2 Å². The van der Waals surface area contributed by atoms with Gasteiger partial charge in [-0.2, -0.15) is 0 Å². The van der Waals surface area contributed by atoms with E-state index in [-0.39, 0.29) is 0 Å². The molecule has 0 radical (unpaired) electrons. The van der Waals surface area contributed by atoms with Gasteiger partial charge in [0.25, 0.3) is 5.19 Å². The molecule has 2 rings (SSSR count). The summed E-state index contributed by atoms with van der Waals surface area (Å²) in [4.78, 5) is 4.06. The van der Waals surface area contributed by atoms with Crippen LogP contribution in [0.2, 0.25) is 0 Å². The third-order valence-corrected chi connectivity index (χ3v) is 2.74. The van der Waals surface area contributed by atoms with Crippen LogP contribution in [0, 0.1) is 13.8 Å². The number of nitrogens with zero attached hydrogens (tertiary/aromatic N) is 1. The van der Waals surface area contributed by atoms with Gasteiger partial charge in [-0.1, -0.05) is 17.4 Å². The smallest absolute Gasteiger partial charge is 0.278 e. The number of aromatic nitrogens is 1. The molecule has 14 heavy (non-hydrogen) atoms. The summed E-state index contributed by atoms with van der Waals surface area (Å²) in [6.45, 7) is 4.16. The highest BCUT2D eigenvalue weighted by Gasteiger charge is 2.00. The molecule has 1 heterocycles. The Morgan fingerprint density at radius 1 is 1.21 bits per heavy atom. The molecule has 1 aromatic heterocycles. The monoisotopic (exact) mass is 205 g/mol. The molecule has 0 aliphatic heterocycles. The van der Waals surface area contributed by atoms with Gasteiger partial charge < -0.3 is 4.74 Å². The predicted octanol–water partition coefficient (Wildman–Crippen LogP) is 3.55. The van der Waals surface area contributed by atoms with Gasteiger partial charge in [0.05, 0.1) is 0 Å². The van der Waals surface area contributed by atoms with E-state index in [1.807, 2.05) is 17.5 Å². The van der Waals surface area contributed by atoms with Gasteiger partial charge in [-0.3, -0.25) is 0 Å². The minimum atomic E-state index is 0.688. The summed E-state index contributed by atoms with van der Waals surface area (Å²) in [7, 11) is 0. The second-order valence-corrected chi connectivity index (χ2v) is 4.00. The van der Waals surface area contributed by atoms with Crippen LogP contribution in [-0.4, -0.2) is 4.98 Å². The fraction of sp³-hybridized carbons (Fsp3) is 0.182. The molecule has 0 aliphatic rings. The molecule has 2 aromatic rings. The molecular formula is C11H11NOS. The maximum Gasteiger partial charge on any atom is 0.278 e. The lowest BCUT2D eigenvalue weighted by Crippen LogP contribution is -1.85. The van der Waals surface area contributed by atoms with Crippen LogP contribution < -0.4 is 4.74 Å². The first kappa shape index (κ1) is 9.21. The zero-order valence-electron chi connectivity index (χ0n) is 8.15. The summed E-state index contributed by atoms with van der Waals surface area (Å²) in [5, 5.41) is 2.59. The van der Waals surface area contributed by atoms with Crippen LogP contribution in [0.25, 0.3) is 0 Å². The zero-order valence-corrected chi connectivity index (χ0v) is 8.97. The Kier molecular flexibility index (Phi) is 2.50. The van der Waals surface area contributed by atoms with Crippen LogP contribution in [0.4, 0.5) is 0 Å². The van der Waals surface area contributed by atoms with Crippen molar-refractivity contribution < 1.29 is 4.74 Å². The zero-order chi connectivity index (χ0) is 9.97. The topological polar surface area (TPSA) is 22.1 Å². The number of thiazole rings is 1. The Bertz CT molecular complexity index is 423. The first-order chi connectivity index (χ1) is 6.75. The molecule has 0 amide bonds. The fourth-order valence-corrected chi connectivity index (χ4v) is 1.64. The van der Waals surface area contributed by atoms with E-state index in [0.717, 1.165) is 5.75 Å². The maximum atomic E-state index is 5.56. The maximum absolute atomic E-state index is 5.56. The largest absolute Gasteiger partial charge is 0.431 e. The van der Waals surface area contributed by atoms with Crippen molar-refractivity contribution in [3.63, 3.8) is 0 Å². The third-order valence-electron chi connectivity index (χ3n) is 2.09. The van der Waals surface area contributed by atoms with Crippen LogP contribution >= 0.6 is 11.3 Å². The lowest BCUT2D eigenvalue weighted by molar-refractivity contribution is 0.478. The normalized spacial score (nSPS) is 10.1. The fourth-order valence-electron chi connectivity index (χ4n) is 1.14. The van der Waals surface area contributed by atoms with E-state index in [2.05, 4.69) is 24.9 Å². The average molecular weight is 205 g/mol. The number of aryl methyl sites for hydroxylation is 2. The third kappa shape index (κ3) is 1.93. The van der Waals surface area contributed by atoms with Gasteiger partial charge in [0.1, 0.15) is 5.75 Å². The van der Waals surface area contributed by atoms with Gasteiger partial charge in [-0.05, 0) is 37.1 Å². The van der Waals surface area contributed by atoms with Crippen molar-refractivity contribution in [2.45, 2.75) is 13.8 Å². The number of ether oxygens (including phenoxy) is 1. The molecule has 0 saturated heterocycles. The average Bonchev–Trinajstić information content (AvgIpc) is 2.64. The summed E-state index contributed by atoms with van der Waals surface area (Å²) >= 11 is 1.49. The Balaban J connectivity index is 2.22. The lowest BCUT2D eigenvalue weighted by Gasteiger charge is -2.04. The van der Waals surface area contributed by atoms with E-state index in [1.165, 1.54) is 22.5 Å². The molecule has 72 valence electrons. The first-order valence-electron chi connectivity index (χ1n) is 4.40. The second kappa shape index (κ2) is 3.80. The minimum absolute atomic E-state index is 0.688. The molecule has 0 fully saturated rings. The first-order valence-corrected chi connectivity index (χ1v) is 5.28. The van der Waals surface area contributed by atoms with Crippen molar-refractivity contribution in [1.29, 1.82) is 0 Å². The van der Waals surface area contributed by atoms with E-state index in [0.29, 0.717) is 5.19 Å². The number of benzene rings is 1. The summed E-state index contributed by atoms with van der Waals surface area (Å²) in [5.41, 5.74) is 2.51. The summed E-state index contributed by atoms with van der Waals surface area (Å²) in [5.74, 6) is 0.850. The molecule has 1 aromatic carbocycles. The molecule has 3 heteroatoms. The lowest BCUT2D eigenvalue weighted by atomic mass is 10.1. The highest BCUT2D eigenvalue weighted by atomic mass is 32.1. The van der Waals surface area contributed by atoms with Crippen molar-refractivity contribution in [2.75, 3.05) is 0 Å². The predicted molar refractivity (Wildman–Crippen MR) is 58.1 cm³/mol. The molecular weight excluding hydrogens is 194 g/mol. The summed E-state index contributed by atoms with van der Waals surface area (Å²) < 4.78 is 5.56. The van der Waals surface area contributed by atoms with Crippen LogP contribution in [0.15, 0.2) is 29.8 Å².